The lowest BCUT2D eigenvalue weighted by molar-refractivity contribution is 0.333. The molecule has 0 spiro atoms. The number of nitrogens with one attached hydrogen (secondary N) is 1. The van der Waals surface area contributed by atoms with Crippen LogP contribution in [0.1, 0.15) is 31.2 Å². The van der Waals surface area contributed by atoms with Crippen LogP contribution < -0.4 is 5.32 Å². The molecule has 1 saturated heterocycles. The summed E-state index contributed by atoms with van der Waals surface area (Å²) in [4.78, 5) is 0.451. The van der Waals surface area contributed by atoms with Crippen molar-refractivity contribution in [2.45, 2.75) is 43.0 Å². The number of fused-ring (bicyclic) bond motifs is 2. The fraction of sp³-hybridized carbons (Fsp3) is 0.625. The molecule has 2 bridgehead atoms. The van der Waals surface area contributed by atoms with E-state index in [0.717, 1.165) is 38.8 Å². The maximum absolute atomic E-state index is 12.7. The van der Waals surface area contributed by atoms with Crippen LogP contribution in [0.15, 0.2) is 29.2 Å². The molecule has 1 N–H and O–H groups in total. The lowest BCUT2D eigenvalue weighted by atomic mass is 10.1. The van der Waals surface area contributed by atoms with Gasteiger partial charge in [0.1, 0.15) is 0 Å². The van der Waals surface area contributed by atoms with Gasteiger partial charge in [-0.15, -0.1) is 0 Å². The van der Waals surface area contributed by atoms with E-state index in [-0.39, 0.29) is 6.04 Å². The van der Waals surface area contributed by atoms with Gasteiger partial charge in [-0.1, -0.05) is 12.1 Å². The molecule has 116 valence electrons. The molecule has 0 amide bonds. The molecule has 1 aliphatic carbocycles. The lowest BCUT2D eigenvalue weighted by Crippen LogP contribution is -2.37. The monoisotopic (exact) mass is 308 g/mol. The summed E-state index contributed by atoms with van der Waals surface area (Å²) >= 11 is 0. The lowest BCUT2D eigenvalue weighted by Gasteiger charge is -2.26. The molecular weight excluding hydrogens is 284 g/mol. The van der Waals surface area contributed by atoms with Gasteiger partial charge in [0.25, 0.3) is 0 Å². The molecule has 1 saturated carbocycles. The molecule has 5 heteroatoms. The topological polar surface area (TPSA) is 49.4 Å². The zero-order chi connectivity index (χ0) is 14.9. The van der Waals surface area contributed by atoms with E-state index in [0.29, 0.717) is 10.8 Å². The third-order valence-corrected chi connectivity index (χ3v) is 6.71. The van der Waals surface area contributed by atoms with Crippen LogP contribution in [-0.2, 0) is 16.4 Å². The Kier molecular flexibility index (Phi) is 4.33. The predicted molar refractivity (Wildman–Crippen MR) is 83.7 cm³/mol. The first-order valence-corrected chi connectivity index (χ1v) is 9.30. The number of benzene rings is 1. The summed E-state index contributed by atoms with van der Waals surface area (Å²) in [6, 6.07) is 7.70. The Morgan fingerprint density at radius 1 is 1.24 bits per heavy atom. The third kappa shape index (κ3) is 3.00. The summed E-state index contributed by atoms with van der Waals surface area (Å²) in [6.07, 6.45) is 5.34. The van der Waals surface area contributed by atoms with Crippen molar-refractivity contribution in [3.05, 3.63) is 29.8 Å². The summed E-state index contributed by atoms with van der Waals surface area (Å²) in [7, 11) is -1.35. The van der Waals surface area contributed by atoms with E-state index in [1.807, 2.05) is 19.2 Å². The van der Waals surface area contributed by atoms with Crippen LogP contribution in [0.2, 0.25) is 0 Å². The highest BCUT2D eigenvalue weighted by Gasteiger charge is 2.44. The van der Waals surface area contributed by atoms with Gasteiger partial charge in [-0.05, 0) is 69.3 Å². The van der Waals surface area contributed by atoms with Crippen molar-refractivity contribution in [1.82, 2.24) is 9.62 Å². The molecule has 2 aliphatic rings. The average molecular weight is 308 g/mol. The second kappa shape index (κ2) is 6.07. The number of aryl methyl sites for hydroxylation is 1. The summed E-state index contributed by atoms with van der Waals surface area (Å²) < 4.78 is 27.2. The van der Waals surface area contributed by atoms with E-state index in [1.54, 1.807) is 16.4 Å². The van der Waals surface area contributed by atoms with Crippen molar-refractivity contribution < 1.29 is 8.42 Å². The Morgan fingerprint density at radius 3 is 2.57 bits per heavy atom. The second-order valence-corrected chi connectivity index (χ2v) is 8.15. The SMILES string of the molecule is CNCCCc1ccc(S(=O)(=O)N2CC3CCC2C3)cc1. The first kappa shape index (κ1) is 15.0. The van der Waals surface area contributed by atoms with Crippen LogP contribution in [0, 0.1) is 5.92 Å². The van der Waals surface area contributed by atoms with Crippen LogP contribution in [0.25, 0.3) is 0 Å². The minimum atomic E-state index is -3.29. The smallest absolute Gasteiger partial charge is 0.243 e. The van der Waals surface area contributed by atoms with Gasteiger partial charge in [0, 0.05) is 12.6 Å². The molecule has 2 fully saturated rings. The molecule has 1 aromatic rings. The van der Waals surface area contributed by atoms with Gasteiger partial charge < -0.3 is 5.32 Å². The highest BCUT2D eigenvalue weighted by atomic mass is 32.2. The molecular formula is C16H24N2O2S. The minimum absolute atomic E-state index is 0.246. The van der Waals surface area contributed by atoms with E-state index < -0.39 is 10.0 Å². The van der Waals surface area contributed by atoms with Crippen molar-refractivity contribution in [3.8, 4) is 0 Å². The maximum Gasteiger partial charge on any atom is 0.243 e. The summed E-state index contributed by atoms with van der Waals surface area (Å²) in [6.45, 7) is 1.70. The van der Waals surface area contributed by atoms with Crippen molar-refractivity contribution in [1.29, 1.82) is 0 Å². The Morgan fingerprint density at radius 2 is 2.00 bits per heavy atom. The fourth-order valence-corrected chi connectivity index (χ4v) is 5.35. The van der Waals surface area contributed by atoms with E-state index in [9.17, 15) is 8.42 Å². The number of piperidine rings is 1. The highest BCUT2D eigenvalue weighted by Crippen LogP contribution is 2.40. The second-order valence-electron chi connectivity index (χ2n) is 6.26. The van der Waals surface area contributed by atoms with Crippen LogP contribution in [0.4, 0.5) is 0 Å². The van der Waals surface area contributed by atoms with Gasteiger partial charge >= 0.3 is 0 Å². The number of nitrogens with zero attached hydrogens (tertiary/aromatic N) is 1. The largest absolute Gasteiger partial charge is 0.320 e. The van der Waals surface area contributed by atoms with E-state index in [4.69, 9.17) is 0 Å². The molecule has 1 aliphatic heterocycles. The highest BCUT2D eigenvalue weighted by molar-refractivity contribution is 7.89. The zero-order valence-corrected chi connectivity index (χ0v) is 13.4. The maximum atomic E-state index is 12.7. The van der Waals surface area contributed by atoms with Gasteiger partial charge in [0.2, 0.25) is 10.0 Å². The first-order valence-electron chi connectivity index (χ1n) is 7.86. The normalized spacial score (nSPS) is 25.6. The summed E-state index contributed by atoms with van der Waals surface area (Å²) in [5.41, 5.74) is 1.20. The van der Waals surface area contributed by atoms with Gasteiger partial charge in [-0.25, -0.2) is 8.42 Å². The molecule has 0 aromatic heterocycles. The fourth-order valence-electron chi connectivity index (χ4n) is 3.61. The standard InChI is InChI=1S/C16H24N2O2S/c1-17-10-2-3-13-5-8-16(9-6-13)21(19,20)18-12-14-4-7-15(18)11-14/h5-6,8-9,14-15,17H,2-4,7,10-12H2,1H3. The van der Waals surface area contributed by atoms with Crippen LogP contribution >= 0.6 is 0 Å². The summed E-state index contributed by atoms with van der Waals surface area (Å²) in [5.74, 6) is 0.589. The van der Waals surface area contributed by atoms with Crippen LogP contribution in [-0.4, -0.2) is 38.9 Å². The molecule has 2 unspecified atom stereocenters. The van der Waals surface area contributed by atoms with Crippen molar-refractivity contribution >= 4 is 10.0 Å². The van der Waals surface area contributed by atoms with Crippen LogP contribution in [0.3, 0.4) is 0 Å². The predicted octanol–water partition coefficient (Wildman–Crippen LogP) is 2.01. The van der Waals surface area contributed by atoms with E-state index >= 15 is 0 Å². The Hall–Kier alpha value is -0.910. The molecule has 4 nitrogen and oxygen atoms in total. The zero-order valence-electron chi connectivity index (χ0n) is 12.6. The Balaban J connectivity index is 1.71. The molecule has 2 atom stereocenters. The Labute approximate surface area is 127 Å². The van der Waals surface area contributed by atoms with Crippen molar-refractivity contribution in [2.24, 2.45) is 5.92 Å². The number of hydrogen-bond donors (Lipinski definition) is 1. The molecule has 3 rings (SSSR count). The van der Waals surface area contributed by atoms with Gasteiger partial charge in [0.15, 0.2) is 0 Å². The average Bonchev–Trinajstić information content (AvgIpc) is 3.11. The number of hydrogen-bond acceptors (Lipinski definition) is 3. The summed E-state index contributed by atoms with van der Waals surface area (Å²) in [5, 5.41) is 3.12. The number of rotatable bonds is 6. The van der Waals surface area contributed by atoms with Gasteiger partial charge in [-0.2, -0.15) is 4.31 Å². The molecule has 0 radical (unpaired) electrons. The first-order chi connectivity index (χ1) is 10.1. The number of sulfonamides is 1. The molecule has 1 aromatic carbocycles. The third-order valence-electron chi connectivity index (χ3n) is 4.78. The van der Waals surface area contributed by atoms with Gasteiger partial charge in [-0.3, -0.25) is 0 Å². The van der Waals surface area contributed by atoms with E-state index in [1.165, 1.54) is 12.0 Å². The van der Waals surface area contributed by atoms with Crippen molar-refractivity contribution in [3.63, 3.8) is 0 Å². The van der Waals surface area contributed by atoms with Gasteiger partial charge in [0.05, 0.1) is 4.90 Å². The minimum Gasteiger partial charge on any atom is -0.320 e. The van der Waals surface area contributed by atoms with Crippen LogP contribution in [0.5, 0.6) is 0 Å². The quantitative estimate of drug-likeness (QED) is 0.818. The molecule has 21 heavy (non-hydrogen) atoms. The van der Waals surface area contributed by atoms with E-state index in [2.05, 4.69) is 5.32 Å². The molecule has 1 heterocycles. The Bertz CT molecular complexity index is 583. The van der Waals surface area contributed by atoms with Crippen molar-refractivity contribution in [2.75, 3.05) is 20.1 Å².